The molecule has 1 saturated heterocycles. The molecule has 1 aliphatic heterocycles. The second-order valence-electron chi connectivity index (χ2n) is 5.10. The average Bonchev–Trinajstić information content (AvgIpc) is 2.47. The SMILES string of the molecule is CC(C)(C)OC(=O)N[C@H]1CCN(CCN)C1=O. The van der Waals surface area contributed by atoms with Crippen molar-refractivity contribution >= 4 is 12.0 Å². The molecule has 98 valence electrons. The van der Waals surface area contributed by atoms with Crippen molar-refractivity contribution < 1.29 is 14.3 Å². The van der Waals surface area contributed by atoms with Gasteiger partial charge < -0.3 is 20.7 Å². The third kappa shape index (κ3) is 4.22. The van der Waals surface area contributed by atoms with Crippen LogP contribution in [0.4, 0.5) is 4.79 Å². The van der Waals surface area contributed by atoms with Gasteiger partial charge in [0.1, 0.15) is 11.6 Å². The molecule has 2 amide bonds. The molecular formula is C11H21N3O3. The number of carbonyl (C=O) groups excluding carboxylic acids is 2. The summed E-state index contributed by atoms with van der Waals surface area (Å²) in [5.74, 6) is -0.0821. The molecule has 6 heteroatoms. The summed E-state index contributed by atoms with van der Waals surface area (Å²) >= 11 is 0. The number of likely N-dealkylation sites (tertiary alicyclic amines) is 1. The summed E-state index contributed by atoms with van der Waals surface area (Å²) in [5.41, 5.74) is 4.84. The number of nitrogens with zero attached hydrogens (tertiary/aromatic N) is 1. The minimum absolute atomic E-state index is 0.0821. The number of carbonyl (C=O) groups is 2. The first kappa shape index (κ1) is 13.8. The van der Waals surface area contributed by atoms with Crippen LogP contribution in [0.2, 0.25) is 0 Å². The molecule has 0 unspecified atom stereocenters. The van der Waals surface area contributed by atoms with E-state index < -0.39 is 17.7 Å². The molecule has 0 saturated carbocycles. The van der Waals surface area contributed by atoms with Crippen LogP contribution in [0.15, 0.2) is 0 Å². The van der Waals surface area contributed by atoms with E-state index in [4.69, 9.17) is 10.5 Å². The molecule has 0 aliphatic carbocycles. The Morgan fingerprint density at radius 3 is 2.76 bits per heavy atom. The van der Waals surface area contributed by atoms with Gasteiger partial charge in [-0.25, -0.2) is 4.79 Å². The minimum Gasteiger partial charge on any atom is -0.444 e. The Morgan fingerprint density at radius 2 is 2.24 bits per heavy atom. The van der Waals surface area contributed by atoms with Crippen molar-refractivity contribution in [2.45, 2.75) is 38.8 Å². The van der Waals surface area contributed by atoms with Gasteiger partial charge in [0, 0.05) is 19.6 Å². The molecule has 0 aromatic rings. The fourth-order valence-electron chi connectivity index (χ4n) is 1.70. The smallest absolute Gasteiger partial charge is 0.408 e. The Morgan fingerprint density at radius 1 is 1.59 bits per heavy atom. The van der Waals surface area contributed by atoms with Crippen LogP contribution in [-0.2, 0) is 9.53 Å². The summed E-state index contributed by atoms with van der Waals surface area (Å²) in [6, 6.07) is -0.476. The maximum atomic E-state index is 11.8. The van der Waals surface area contributed by atoms with Crippen molar-refractivity contribution in [3.8, 4) is 0 Å². The fourth-order valence-corrected chi connectivity index (χ4v) is 1.70. The molecule has 0 spiro atoms. The van der Waals surface area contributed by atoms with Gasteiger partial charge in [-0.1, -0.05) is 0 Å². The van der Waals surface area contributed by atoms with Crippen LogP contribution >= 0.6 is 0 Å². The topological polar surface area (TPSA) is 84.7 Å². The van der Waals surface area contributed by atoms with Gasteiger partial charge in [0.05, 0.1) is 0 Å². The van der Waals surface area contributed by atoms with Crippen LogP contribution in [0, 0.1) is 0 Å². The van der Waals surface area contributed by atoms with Crippen molar-refractivity contribution in [1.29, 1.82) is 0 Å². The minimum atomic E-state index is -0.553. The lowest BCUT2D eigenvalue weighted by Crippen LogP contribution is -2.44. The van der Waals surface area contributed by atoms with E-state index in [1.165, 1.54) is 0 Å². The van der Waals surface area contributed by atoms with E-state index in [1.54, 1.807) is 25.7 Å². The summed E-state index contributed by atoms with van der Waals surface area (Å²) in [7, 11) is 0. The molecular weight excluding hydrogens is 222 g/mol. The number of hydrogen-bond donors (Lipinski definition) is 2. The normalized spacial score (nSPS) is 20.6. The van der Waals surface area contributed by atoms with Crippen LogP contribution in [0.5, 0.6) is 0 Å². The van der Waals surface area contributed by atoms with Gasteiger partial charge in [-0.2, -0.15) is 0 Å². The Hall–Kier alpha value is -1.30. The third-order valence-corrected chi connectivity index (χ3v) is 2.39. The van der Waals surface area contributed by atoms with Gasteiger partial charge in [-0.05, 0) is 27.2 Å². The molecule has 0 radical (unpaired) electrons. The van der Waals surface area contributed by atoms with E-state index in [1.807, 2.05) is 0 Å². The lowest BCUT2D eigenvalue weighted by Gasteiger charge is -2.21. The third-order valence-electron chi connectivity index (χ3n) is 2.39. The fraction of sp³-hybridized carbons (Fsp3) is 0.818. The monoisotopic (exact) mass is 243 g/mol. The number of nitrogens with one attached hydrogen (secondary N) is 1. The molecule has 1 rings (SSSR count). The quantitative estimate of drug-likeness (QED) is 0.734. The van der Waals surface area contributed by atoms with Crippen molar-refractivity contribution in [1.82, 2.24) is 10.2 Å². The Kier molecular flexibility index (Phi) is 4.34. The van der Waals surface area contributed by atoms with Crippen molar-refractivity contribution in [3.05, 3.63) is 0 Å². The largest absolute Gasteiger partial charge is 0.444 e. The van der Waals surface area contributed by atoms with E-state index in [0.29, 0.717) is 26.1 Å². The molecule has 1 heterocycles. The number of ether oxygens (including phenoxy) is 1. The zero-order valence-corrected chi connectivity index (χ0v) is 10.7. The van der Waals surface area contributed by atoms with Gasteiger partial charge in [0.25, 0.3) is 0 Å². The first-order valence-corrected chi connectivity index (χ1v) is 5.82. The lowest BCUT2D eigenvalue weighted by molar-refractivity contribution is -0.129. The summed E-state index contributed by atoms with van der Waals surface area (Å²) in [5, 5.41) is 2.58. The summed E-state index contributed by atoms with van der Waals surface area (Å²) < 4.78 is 5.10. The number of nitrogens with two attached hydrogens (primary N) is 1. The first-order valence-electron chi connectivity index (χ1n) is 5.82. The second kappa shape index (κ2) is 5.35. The van der Waals surface area contributed by atoms with Crippen LogP contribution in [-0.4, -0.2) is 48.2 Å². The summed E-state index contributed by atoms with van der Waals surface area (Å²) in [6.45, 7) is 6.95. The molecule has 0 aromatic heterocycles. The zero-order chi connectivity index (χ0) is 13.1. The molecule has 0 bridgehead atoms. The Labute approximate surface area is 101 Å². The van der Waals surface area contributed by atoms with Crippen molar-refractivity contribution in [3.63, 3.8) is 0 Å². The van der Waals surface area contributed by atoms with E-state index in [-0.39, 0.29) is 5.91 Å². The van der Waals surface area contributed by atoms with Crippen molar-refractivity contribution in [2.24, 2.45) is 5.73 Å². The average molecular weight is 243 g/mol. The number of hydrogen-bond acceptors (Lipinski definition) is 4. The predicted molar refractivity (Wildman–Crippen MR) is 63.4 cm³/mol. The first-order chi connectivity index (χ1) is 7.83. The van der Waals surface area contributed by atoms with Crippen LogP contribution in [0.1, 0.15) is 27.2 Å². The highest BCUT2D eigenvalue weighted by atomic mass is 16.6. The van der Waals surface area contributed by atoms with E-state index >= 15 is 0 Å². The van der Waals surface area contributed by atoms with Crippen LogP contribution in [0.25, 0.3) is 0 Å². The van der Waals surface area contributed by atoms with Gasteiger partial charge in [0.2, 0.25) is 5.91 Å². The zero-order valence-electron chi connectivity index (χ0n) is 10.7. The van der Waals surface area contributed by atoms with Crippen LogP contribution < -0.4 is 11.1 Å². The molecule has 1 atom stereocenters. The Bertz CT molecular complexity index is 299. The molecule has 1 aliphatic rings. The van der Waals surface area contributed by atoms with E-state index in [9.17, 15) is 9.59 Å². The maximum absolute atomic E-state index is 11.8. The van der Waals surface area contributed by atoms with E-state index in [2.05, 4.69) is 5.32 Å². The highest BCUT2D eigenvalue weighted by Crippen LogP contribution is 2.12. The second-order valence-corrected chi connectivity index (χ2v) is 5.10. The summed E-state index contributed by atoms with van der Waals surface area (Å²) in [6.07, 6.45) is 0.0587. The number of alkyl carbamates (subject to hydrolysis) is 1. The standard InChI is InChI=1S/C11H21N3O3/c1-11(2,3)17-10(16)13-8-4-6-14(7-5-12)9(8)15/h8H,4-7,12H2,1-3H3,(H,13,16)/t8-/m0/s1. The number of rotatable bonds is 3. The summed E-state index contributed by atoms with van der Waals surface area (Å²) in [4.78, 5) is 24.9. The van der Waals surface area contributed by atoms with Gasteiger partial charge in [0.15, 0.2) is 0 Å². The van der Waals surface area contributed by atoms with Gasteiger partial charge in [-0.3, -0.25) is 4.79 Å². The van der Waals surface area contributed by atoms with Gasteiger partial charge >= 0.3 is 6.09 Å². The van der Waals surface area contributed by atoms with Crippen molar-refractivity contribution in [2.75, 3.05) is 19.6 Å². The highest BCUT2D eigenvalue weighted by molar-refractivity contribution is 5.87. The predicted octanol–water partition coefficient (Wildman–Crippen LogP) is 0.0707. The molecule has 6 nitrogen and oxygen atoms in total. The lowest BCUT2D eigenvalue weighted by atomic mass is 10.2. The maximum Gasteiger partial charge on any atom is 0.408 e. The number of amides is 2. The molecule has 3 N–H and O–H groups in total. The Balaban J connectivity index is 2.43. The highest BCUT2D eigenvalue weighted by Gasteiger charge is 2.33. The molecule has 0 aromatic carbocycles. The van der Waals surface area contributed by atoms with E-state index in [0.717, 1.165) is 0 Å². The van der Waals surface area contributed by atoms with Crippen LogP contribution in [0.3, 0.4) is 0 Å². The molecule has 1 fully saturated rings. The van der Waals surface area contributed by atoms with Gasteiger partial charge in [-0.15, -0.1) is 0 Å². The molecule has 17 heavy (non-hydrogen) atoms.